The summed E-state index contributed by atoms with van der Waals surface area (Å²) in [7, 11) is -3.08. The summed E-state index contributed by atoms with van der Waals surface area (Å²) < 4.78 is 27.6. The number of nitrogens with zero attached hydrogens (tertiary/aromatic N) is 1. The average molecular weight is 259 g/mol. The van der Waals surface area contributed by atoms with Gasteiger partial charge in [0.25, 0.3) is 0 Å². The van der Waals surface area contributed by atoms with Crippen molar-refractivity contribution in [2.24, 2.45) is 5.41 Å². The van der Waals surface area contributed by atoms with Gasteiger partial charge in [-0.25, -0.2) is 8.42 Å². The van der Waals surface area contributed by atoms with E-state index in [1.165, 1.54) is 6.26 Å². The van der Waals surface area contributed by atoms with Crippen LogP contribution in [-0.4, -0.2) is 32.5 Å². The molecule has 0 N–H and O–H groups in total. The SMILES string of the molecule is CCOC(=O)C1(C#N)CCC(S(C)(=O)=O)CC1. The van der Waals surface area contributed by atoms with Crippen LogP contribution in [0.4, 0.5) is 0 Å². The van der Waals surface area contributed by atoms with E-state index in [9.17, 15) is 13.2 Å². The third-order valence-electron chi connectivity index (χ3n) is 3.27. The van der Waals surface area contributed by atoms with Gasteiger partial charge in [-0.1, -0.05) is 0 Å². The highest BCUT2D eigenvalue weighted by Crippen LogP contribution is 2.39. The lowest BCUT2D eigenvalue weighted by molar-refractivity contribution is -0.153. The number of nitriles is 1. The molecule has 1 rings (SSSR count). The van der Waals surface area contributed by atoms with E-state index in [1.54, 1.807) is 6.92 Å². The molecule has 1 aliphatic rings. The lowest BCUT2D eigenvalue weighted by Gasteiger charge is -2.31. The molecule has 1 fully saturated rings. The summed E-state index contributed by atoms with van der Waals surface area (Å²) in [6.07, 6.45) is 2.43. The van der Waals surface area contributed by atoms with Gasteiger partial charge >= 0.3 is 5.97 Å². The number of rotatable bonds is 3. The van der Waals surface area contributed by atoms with Crippen LogP contribution in [0.1, 0.15) is 32.6 Å². The van der Waals surface area contributed by atoms with Crippen LogP contribution < -0.4 is 0 Å². The van der Waals surface area contributed by atoms with Gasteiger partial charge in [0.05, 0.1) is 17.9 Å². The molecule has 0 radical (unpaired) electrons. The van der Waals surface area contributed by atoms with E-state index in [-0.39, 0.29) is 19.4 Å². The molecule has 0 bridgehead atoms. The largest absolute Gasteiger partial charge is 0.465 e. The molecule has 96 valence electrons. The third-order valence-corrected chi connectivity index (χ3v) is 4.95. The zero-order chi connectivity index (χ0) is 13.1. The van der Waals surface area contributed by atoms with Gasteiger partial charge in [-0.15, -0.1) is 0 Å². The molecule has 0 aromatic carbocycles. The molecule has 5 nitrogen and oxygen atoms in total. The van der Waals surface area contributed by atoms with Gasteiger partial charge in [0.1, 0.15) is 9.84 Å². The molecule has 0 unspecified atom stereocenters. The molecule has 0 heterocycles. The summed E-state index contributed by atoms with van der Waals surface area (Å²) in [5.41, 5.74) is -1.14. The van der Waals surface area contributed by atoms with Gasteiger partial charge in [-0.05, 0) is 32.6 Å². The van der Waals surface area contributed by atoms with E-state index in [4.69, 9.17) is 10.00 Å². The van der Waals surface area contributed by atoms with Crippen molar-refractivity contribution >= 4 is 15.8 Å². The van der Waals surface area contributed by atoms with Crippen molar-refractivity contribution in [2.45, 2.75) is 37.9 Å². The van der Waals surface area contributed by atoms with Crippen LogP contribution in [0.3, 0.4) is 0 Å². The molecule has 0 aliphatic heterocycles. The van der Waals surface area contributed by atoms with Crippen molar-refractivity contribution < 1.29 is 17.9 Å². The topological polar surface area (TPSA) is 84.2 Å². The van der Waals surface area contributed by atoms with Crippen molar-refractivity contribution in [2.75, 3.05) is 12.9 Å². The summed E-state index contributed by atoms with van der Waals surface area (Å²) >= 11 is 0. The highest BCUT2D eigenvalue weighted by molar-refractivity contribution is 7.91. The van der Waals surface area contributed by atoms with E-state index in [0.717, 1.165) is 0 Å². The fourth-order valence-corrected chi connectivity index (χ4v) is 3.24. The lowest BCUT2D eigenvalue weighted by atomic mass is 9.75. The van der Waals surface area contributed by atoms with Crippen LogP contribution in [0.5, 0.6) is 0 Å². The molecule has 0 saturated heterocycles. The van der Waals surface area contributed by atoms with Crippen LogP contribution >= 0.6 is 0 Å². The Morgan fingerprint density at radius 2 is 2.00 bits per heavy atom. The predicted octanol–water partition coefficient (Wildman–Crippen LogP) is 1.05. The Hall–Kier alpha value is -1.09. The normalized spacial score (nSPS) is 29.4. The Kier molecular flexibility index (Phi) is 4.15. The predicted molar refractivity (Wildman–Crippen MR) is 61.8 cm³/mol. The van der Waals surface area contributed by atoms with E-state index in [1.807, 2.05) is 6.07 Å². The van der Waals surface area contributed by atoms with Crippen LogP contribution in [-0.2, 0) is 19.4 Å². The van der Waals surface area contributed by atoms with Gasteiger partial charge < -0.3 is 4.74 Å². The number of carbonyl (C=O) groups is 1. The molecule has 0 aromatic heterocycles. The minimum absolute atomic E-state index is 0.234. The summed E-state index contributed by atoms with van der Waals surface area (Å²) in [4.78, 5) is 11.7. The first-order chi connectivity index (χ1) is 7.85. The van der Waals surface area contributed by atoms with Crippen molar-refractivity contribution in [1.82, 2.24) is 0 Å². The maximum atomic E-state index is 11.7. The Bertz CT molecular complexity index is 427. The first-order valence-electron chi connectivity index (χ1n) is 5.63. The molecule has 17 heavy (non-hydrogen) atoms. The fraction of sp³-hybridized carbons (Fsp3) is 0.818. The van der Waals surface area contributed by atoms with Crippen molar-refractivity contribution in [3.63, 3.8) is 0 Å². The van der Waals surface area contributed by atoms with E-state index in [2.05, 4.69) is 0 Å². The second-order valence-electron chi connectivity index (χ2n) is 4.44. The van der Waals surface area contributed by atoms with Gasteiger partial charge in [0.2, 0.25) is 0 Å². The third kappa shape index (κ3) is 2.97. The maximum Gasteiger partial charge on any atom is 0.326 e. The van der Waals surface area contributed by atoms with Crippen LogP contribution in [0, 0.1) is 16.7 Å². The van der Waals surface area contributed by atoms with Crippen LogP contribution in [0.2, 0.25) is 0 Å². The first kappa shape index (κ1) is 14.0. The molecule has 0 spiro atoms. The minimum atomic E-state index is -3.08. The highest BCUT2D eigenvalue weighted by atomic mass is 32.2. The number of esters is 1. The van der Waals surface area contributed by atoms with E-state index >= 15 is 0 Å². The Morgan fingerprint density at radius 1 is 1.47 bits per heavy atom. The van der Waals surface area contributed by atoms with Gasteiger partial charge in [-0.3, -0.25) is 4.79 Å². The molecule has 0 amide bonds. The smallest absolute Gasteiger partial charge is 0.326 e. The average Bonchev–Trinajstić information content (AvgIpc) is 2.28. The summed E-state index contributed by atoms with van der Waals surface area (Å²) in [6.45, 7) is 1.92. The molecule has 6 heteroatoms. The molecule has 1 aliphatic carbocycles. The zero-order valence-electron chi connectivity index (χ0n) is 10.1. The molecule has 0 aromatic rings. The molecule has 1 saturated carbocycles. The monoisotopic (exact) mass is 259 g/mol. The zero-order valence-corrected chi connectivity index (χ0v) is 10.9. The second-order valence-corrected chi connectivity index (χ2v) is 6.77. The molecular formula is C11H17NO4S. The number of ether oxygens (including phenoxy) is 1. The maximum absolute atomic E-state index is 11.7. The highest BCUT2D eigenvalue weighted by Gasteiger charge is 2.45. The summed E-state index contributed by atoms with van der Waals surface area (Å²) in [5, 5.41) is 8.70. The summed E-state index contributed by atoms with van der Waals surface area (Å²) in [6, 6.07) is 2.00. The van der Waals surface area contributed by atoms with E-state index in [0.29, 0.717) is 12.8 Å². The molecular weight excluding hydrogens is 242 g/mol. The quantitative estimate of drug-likeness (QED) is 0.707. The standard InChI is InChI=1S/C11H17NO4S/c1-3-16-10(13)11(8-12)6-4-9(5-7-11)17(2,14)15/h9H,3-7H2,1-2H3. The fourth-order valence-electron chi connectivity index (χ4n) is 2.14. The van der Waals surface area contributed by atoms with Crippen LogP contribution in [0.25, 0.3) is 0 Å². The van der Waals surface area contributed by atoms with Gasteiger partial charge in [-0.2, -0.15) is 5.26 Å². The number of sulfone groups is 1. The Balaban J connectivity index is 2.78. The van der Waals surface area contributed by atoms with Crippen LogP contribution in [0.15, 0.2) is 0 Å². The number of hydrogen-bond acceptors (Lipinski definition) is 5. The number of hydrogen-bond donors (Lipinski definition) is 0. The Morgan fingerprint density at radius 3 is 2.35 bits per heavy atom. The minimum Gasteiger partial charge on any atom is -0.465 e. The number of carbonyl (C=O) groups excluding carboxylic acids is 1. The van der Waals surface area contributed by atoms with Crippen molar-refractivity contribution in [1.29, 1.82) is 5.26 Å². The molecule has 0 atom stereocenters. The van der Waals surface area contributed by atoms with Gasteiger partial charge in [0.15, 0.2) is 5.41 Å². The van der Waals surface area contributed by atoms with E-state index < -0.39 is 26.5 Å². The second kappa shape index (κ2) is 5.05. The lowest BCUT2D eigenvalue weighted by Crippen LogP contribution is -2.39. The van der Waals surface area contributed by atoms with Gasteiger partial charge in [0, 0.05) is 6.26 Å². The van der Waals surface area contributed by atoms with Crippen molar-refractivity contribution in [3.8, 4) is 6.07 Å². The Labute approximate surface area is 102 Å². The first-order valence-corrected chi connectivity index (χ1v) is 7.58. The summed E-state index contributed by atoms with van der Waals surface area (Å²) in [5.74, 6) is -0.519. The van der Waals surface area contributed by atoms with Crippen molar-refractivity contribution in [3.05, 3.63) is 0 Å².